The van der Waals surface area contributed by atoms with Crippen molar-refractivity contribution in [2.75, 3.05) is 7.11 Å². The molecule has 0 unspecified atom stereocenters. The molecule has 0 aromatic heterocycles. The molecule has 0 radical (unpaired) electrons. The number of ketones is 2. The van der Waals surface area contributed by atoms with Crippen molar-refractivity contribution in [2.24, 2.45) is 0 Å². The largest absolute Gasteiger partial charge is 0.493 e. The number of carbonyl (C=O) groups is 2. The maximum Gasteiger partial charge on any atom is 0.224 e. The number of hydrogen-bond acceptors (Lipinski definition) is 3. The molecule has 0 atom stereocenters. The van der Waals surface area contributed by atoms with Crippen molar-refractivity contribution in [3.8, 4) is 0 Å². The lowest BCUT2D eigenvalue weighted by molar-refractivity contribution is -0.118. The summed E-state index contributed by atoms with van der Waals surface area (Å²) in [6.45, 7) is 4.05. The number of rotatable bonds is 23. The minimum absolute atomic E-state index is 0.0880. The molecule has 0 spiro atoms. The van der Waals surface area contributed by atoms with Crippen molar-refractivity contribution in [3.63, 3.8) is 0 Å². The van der Waals surface area contributed by atoms with Gasteiger partial charge in [0.2, 0.25) is 5.78 Å². The van der Waals surface area contributed by atoms with E-state index in [1.165, 1.54) is 135 Å². The predicted molar refractivity (Wildman–Crippen MR) is 145 cm³/mol. The fraction of sp³-hybridized carbons (Fsp3) is 0.806. The van der Waals surface area contributed by atoms with E-state index in [0.29, 0.717) is 17.6 Å². The van der Waals surface area contributed by atoms with Gasteiger partial charge in [-0.15, -0.1) is 0 Å². The van der Waals surface area contributed by atoms with E-state index in [9.17, 15) is 9.59 Å². The van der Waals surface area contributed by atoms with Gasteiger partial charge in [-0.05, 0) is 19.8 Å². The van der Waals surface area contributed by atoms with Crippen molar-refractivity contribution in [2.45, 2.75) is 155 Å². The van der Waals surface area contributed by atoms with Gasteiger partial charge in [-0.1, -0.05) is 135 Å². The predicted octanol–water partition coefficient (Wildman–Crippen LogP) is 9.59. The van der Waals surface area contributed by atoms with Crippen LogP contribution >= 0.6 is 0 Å². The van der Waals surface area contributed by atoms with Crippen LogP contribution < -0.4 is 0 Å². The molecule has 0 saturated carbocycles. The Morgan fingerprint density at radius 2 is 0.941 bits per heavy atom. The lowest BCUT2D eigenvalue weighted by Crippen LogP contribution is -2.19. The lowest BCUT2D eigenvalue weighted by Gasteiger charge is -2.16. The second kappa shape index (κ2) is 20.9. The minimum Gasteiger partial charge on any atom is -0.493 e. The van der Waals surface area contributed by atoms with Gasteiger partial charge in [-0.25, -0.2) is 0 Å². The molecule has 34 heavy (non-hydrogen) atoms. The van der Waals surface area contributed by atoms with Gasteiger partial charge in [-0.3, -0.25) is 9.59 Å². The highest BCUT2D eigenvalue weighted by atomic mass is 16.5. The molecule has 0 aliphatic heterocycles. The minimum atomic E-state index is -0.104. The summed E-state index contributed by atoms with van der Waals surface area (Å²) in [4.78, 5) is 24.3. The Kier molecular flexibility index (Phi) is 18.9. The monoisotopic (exact) mass is 474 g/mol. The van der Waals surface area contributed by atoms with Gasteiger partial charge >= 0.3 is 0 Å². The van der Waals surface area contributed by atoms with E-state index in [2.05, 4.69) is 6.92 Å². The van der Waals surface area contributed by atoms with Crippen molar-refractivity contribution in [3.05, 3.63) is 23.0 Å². The molecule has 3 heteroatoms. The Bertz CT molecular complexity index is 614. The molecular weight excluding hydrogens is 420 g/mol. The smallest absolute Gasteiger partial charge is 0.224 e. The van der Waals surface area contributed by atoms with E-state index < -0.39 is 0 Å². The Morgan fingerprint density at radius 1 is 0.588 bits per heavy atom. The summed E-state index contributed by atoms with van der Waals surface area (Å²) in [5, 5.41) is 0. The first-order valence-corrected chi connectivity index (χ1v) is 14.7. The van der Waals surface area contributed by atoms with Crippen LogP contribution in [0.15, 0.2) is 23.0 Å². The molecule has 3 nitrogen and oxygen atoms in total. The molecule has 0 fully saturated rings. The number of carbonyl (C=O) groups excluding carboxylic acids is 2. The average Bonchev–Trinajstić information content (AvgIpc) is 2.84. The number of unbranched alkanes of at least 4 members (excludes halogenated alkanes) is 20. The van der Waals surface area contributed by atoms with Crippen molar-refractivity contribution < 1.29 is 14.3 Å². The highest BCUT2D eigenvalue weighted by molar-refractivity contribution is 6.21. The van der Waals surface area contributed by atoms with Gasteiger partial charge in [0.25, 0.3) is 0 Å². The Hall–Kier alpha value is -1.38. The molecule has 0 aromatic rings. The maximum atomic E-state index is 12.3. The summed E-state index contributed by atoms with van der Waals surface area (Å²) in [6, 6.07) is 0. The number of methoxy groups -OCH3 is 1. The molecular formula is C31H54O3. The summed E-state index contributed by atoms with van der Waals surface area (Å²) >= 11 is 0. The molecule has 1 aliphatic rings. The summed E-state index contributed by atoms with van der Waals surface area (Å²) in [5.74, 6) is -0.00295. The van der Waals surface area contributed by atoms with Crippen LogP contribution in [0.4, 0.5) is 0 Å². The summed E-state index contributed by atoms with van der Waals surface area (Å²) < 4.78 is 5.06. The van der Waals surface area contributed by atoms with Crippen molar-refractivity contribution in [1.29, 1.82) is 0 Å². The third-order valence-electron chi connectivity index (χ3n) is 7.33. The fourth-order valence-corrected chi connectivity index (χ4v) is 4.95. The van der Waals surface area contributed by atoms with Gasteiger partial charge < -0.3 is 4.74 Å². The highest BCUT2D eigenvalue weighted by Crippen LogP contribution is 2.24. The fourth-order valence-electron chi connectivity index (χ4n) is 4.95. The van der Waals surface area contributed by atoms with Crippen molar-refractivity contribution >= 4 is 11.6 Å². The van der Waals surface area contributed by atoms with Gasteiger partial charge in [0.05, 0.1) is 7.11 Å². The zero-order valence-corrected chi connectivity index (χ0v) is 22.9. The Balaban J connectivity index is 1.84. The first kappa shape index (κ1) is 30.7. The highest BCUT2D eigenvalue weighted by Gasteiger charge is 2.26. The van der Waals surface area contributed by atoms with Crippen LogP contribution in [0.25, 0.3) is 0 Å². The molecule has 1 aliphatic carbocycles. The lowest BCUT2D eigenvalue weighted by atomic mass is 9.90. The van der Waals surface area contributed by atoms with E-state index >= 15 is 0 Å². The van der Waals surface area contributed by atoms with E-state index in [-0.39, 0.29) is 17.3 Å². The molecule has 0 N–H and O–H groups in total. The average molecular weight is 475 g/mol. The van der Waals surface area contributed by atoms with Crippen LogP contribution in [0.3, 0.4) is 0 Å². The second-order valence-electron chi connectivity index (χ2n) is 10.3. The van der Waals surface area contributed by atoms with Crippen LogP contribution in [0.5, 0.6) is 0 Å². The zero-order chi connectivity index (χ0) is 24.9. The van der Waals surface area contributed by atoms with Crippen LogP contribution in [0.1, 0.15) is 155 Å². The van der Waals surface area contributed by atoms with Crippen LogP contribution in [-0.2, 0) is 14.3 Å². The molecule has 196 valence electrons. The molecule has 0 heterocycles. The number of hydrogen-bond donors (Lipinski definition) is 0. The number of ether oxygens (including phenoxy) is 1. The van der Waals surface area contributed by atoms with Crippen LogP contribution in [0.2, 0.25) is 0 Å². The van der Waals surface area contributed by atoms with E-state index in [4.69, 9.17) is 4.74 Å². The Morgan fingerprint density at radius 3 is 1.29 bits per heavy atom. The van der Waals surface area contributed by atoms with E-state index in [1.807, 2.05) is 0 Å². The van der Waals surface area contributed by atoms with Gasteiger partial charge in [0.1, 0.15) is 0 Å². The molecule has 0 amide bonds. The van der Waals surface area contributed by atoms with Gasteiger partial charge in [0, 0.05) is 17.2 Å². The van der Waals surface area contributed by atoms with E-state index in [1.54, 1.807) is 6.92 Å². The van der Waals surface area contributed by atoms with Gasteiger partial charge in [-0.2, -0.15) is 0 Å². The summed E-state index contributed by atoms with van der Waals surface area (Å²) in [7, 11) is 1.45. The quantitative estimate of drug-likeness (QED) is 0.109. The summed E-state index contributed by atoms with van der Waals surface area (Å²) in [6.07, 6.45) is 30.7. The maximum absolute atomic E-state index is 12.3. The molecule has 0 saturated heterocycles. The molecule has 0 bridgehead atoms. The third kappa shape index (κ3) is 14.1. The second-order valence-corrected chi connectivity index (χ2v) is 10.3. The number of Topliss-reactive ketones (excluding diaryl/α,β-unsaturated/α-hetero) is 1. The molecule has 1 rings (SSSR count). The van der Waals surface area contributed by atoms with Crippen molar-refractivity contribution in [1.82, 2.24) is 0 Å². The zero-order valence-electron chi connectivity index (χ0n) is 22.9. The Labute approximate surface area is 211 Å². The van der Waals surface area contributed by atoms with Crippen LogP contribution in [0, 0.1) is 0 Å². The normalized spacial score (nSPS) is 14.1. The third-order valence-corrected chi connectivity index (χ3v) is 7.33. The number of allylic oxidation sites excluding steroid dienone is 3. The standard InChI is InChI=1S/C31H54O3/c1-4-5-6-7-8-9-10-11-12-13-14-15-16-17-18-19-20-21-22-23-24-25-28-27(2)29(32)26-30(34-3)31(28)33/h26H,4-25H2,1-3H3. The van der Waals surface area contributed by atoms with Crippen LogP contribution in [-0.4, -0.2) is 18.7 Å². The first-order chi connectivity index (χ1) is 16.6. The summed E-state index contributed by atoms with van der Waals surface area (Å²) in [5.41, 5.74) is 1.25. The first-order valence-electron chi connectivity index (χ1n) is 14.7. The van der Waals surface area contributed by atoms with E-state index in [0.717, 1.165) is 12.8 Å². The topological polar surface area (TPSA) is 43.4 Å². The molecule has 0 aromatic carbocycles. The van der Waals surface area contributed by atoms with Gasteiger partial charge in [0.15, 0.2) is 11.5 Å². The SMILES string of the molecule is CCCCCCCCCCCCCCCCCCCCCCCC1=C(C)C(=O)C=C(OC)C1=O.